The molecular formula is C18H20F3N3O2. The molecule has 1 heterocycles. The molecule has 0 unspecified atom stereocenters. The number of nitrogens with one attached hydrogen (secondary N) is 2. The van der Waals surface area contributed by atoms with Crippen molar-refractivity contribution in [2.75, 3.05) is 19.0 Å². The Morgan fingerprint density at radius 1 is 1.27 bits per heavy atom. The van der Waals surface area contributed by atoms with Crippen molar-refractivity contribution in [1.29, 1.82) is 0 Å². The maximum atomic E-state index is 13.6. The van der Waals surface area contributed by atoms with Crippen LogP contribution < -0.4 is 10.8 Å². The van der Waals surface area contributed by atoms with Crippen LogP contribution in [0.25, 0.3) is 0 Å². The molecule has 2 N–H and O–H groups in total. The average Bonchev–Trinajstić information content (AvgIpc) is 3.49. The second-order valence-corrected chi connectivity index (χ2v) is 5.70. The lowest BCUT2D eigenvalue weighted by Crippen LogP contribution is -2.08. The van der Waals surface area contributed by atoms with Crippen molar-refractivity contribution in [3.05, 3.63) is 53.4 Å². The van der Waals surface area contributed by atoms with Gasteiger partial charge in [-0.3, -0.25) is 9.78 Å². The van der Waals surface area contributed by atoms with Gasteiger partial charge in [-0.25, -0.2) is 18.7 Å². The van der Waals surface area contributed by atoms with Crippen LogP contribution in [0.2, 0.25) is 0 Å². The summed E-state index contributed by atoms with van der Waals surface area (Å²) in [7, 11) is 1.79. The van der Waals surface area contributed by atoms with Crippen molar-refractivity contribution in [2.24, 2.45) is 5.92 Å². The third-order valence-electron chi connectivity index (χ3n) is 3.65. The molecule has 1 fully saturated rings. The first-order valence-corrected chi connectivity index (χ1v) is 8.08. The highest BCUT2D eigenvalue weighted by Crippen LogP contribution is 2.28. The highest BCUT2D eigenvalue weighted by molar-refractivity contribution is 5.86. The fourth-order valence-corrected chi connectivity index (χ4v) is 2.00. The number of pyridine rings is 1. The second kappa shape index (κ2) is 9.88. The molecule has 1 aromatic heterocycles. The van der Waals surface area contributed by atoms with E-state index in [1.807, 2.05) is 0 Å². The van der Waals surface area contributed by atoms with Gasteiger partial charge in [0.2, 0.25) is 0 Å². The van der Waals surface area contributed by atoms with Gasteiger partial charge < -0.3 is 10.2 Å². The third-order valence-corrected chi connectivity index (χ3v) is 3.65. The highest BCUT2D eigenvalue weighted by atomic mass is 19.2. The van der Waals surface area contributed by atoms with Crippen molar-refractivity contribution in [1.82, 2.24) is 10.5 Å². The summed E-state index contributed by atoms with van der Waals surface area (Å²) in [6, 6.07) is 4.90. The molecule has 1 aliphatic rings. The number of carbonyl (C=O) groups is 1. The zero-order chi connectivity index (χ0) is 18.9. The molecule has 140 valence electrons. The number of hydrogen-bond donors (Lipinski definition) is 2. The first kappa shape index (κ1) is 19.9. The van der Waals surface area contributed by atoms with Gasteiger partial charge in [0, 0.05) is 12.6 Å². The van der Waals surface area contributed by atoms with Crippen LogP contribution in [0.4, 0.5) is 24.5 Å². The smallest absolute Gasteiger partial charge is 0.182 e. The van der Waals surface area contributed by atoms with E-state index in [9.17, 15) is 18.0 Å². The Bertz CT molecular complexity index is 722. The summed E-state index contributed by atoms with van der Waals surface area (Å²) in [5.74, 6) is -1.35. The molecule has 0 atom stereocenters. The van der Waals surface area contributed by atoms with E-state index in [1.165, 1.54) is 31.2 Å². The molecule has 1 aromatic carbocycles. The fourth-order valence-electron chi connectivity index (χ4n) is 2.00. The van der Waals surface area contributed by atoms with Gasteiger partial charge in [-0.05, 0) is 43.0 Å². The molecule has 1 aliphatic carbocycles. The van der Waals surface area contributed by atoms with Crippen molar-refractivity contribution in [3.8, 4) is 0 Å². The van der Waals surface area contributed by atoms with Crippen LogP contribution in [0.5, 0.6) is 0 Å². The normalized spacial score (nSPS) is 12.9. The van der Waals surface area contributed by atoms with Gasteiger partial charge in [-0.1, -0.05) is 0 Å². The number of carbonyl (C=O) groups excluding carboxylic acids is 1. The minimum atomic E-state index is -1.15. The predicted molar refractivity (Wildman–Crippen MR) is 91.8 cm³/mol. The Morgan fingerprint density at radius 2 is 2.04 bits per heavy atom. The summed E-state index contributed by atoms with van der Waals surface area (Å²) in [5, 5.41) is 2.55. The zero-order valence-corrected chi connectivity index (χ0v) is 14.3. The van der Waals surface area contributed by atoms with Crippen LogP contribution in [0, 0.1) is 17.6 Å². The molecule has 0 saturated heterocycles. The molecule has 3 rings (SSSR count). The average molecular weight is 367 g/mol. The van der Waals surface area contributed by atoms with Gasteiger partial charge in [-0.15, -0.1) is 0 Å². The zero-order valence-electron chi connectivity index (χ0n) is 14.3. The molecule has 0 aliphatic heterocycles. The van der Waals surface area contributed by atoms with Gasteiger partial charge in [0.05, 0.1) is 29.9 Å². The summed E-state index contributed by atoms with van der Waals surface area (Å²) in [5.41, 5.74) is 2.89. The van der Waals surface area contributed by atoms with Gasteiger partial charge in [0.1, 0.15) is 6.67 Å². The van der Waals surface area contributed by atoms with Crippen molar-refractivity contribution in [3.63, 3.8) is 0 Å². The first-order chi connectivity index (χ1) is 12.6. The number of rotatable bonds is 7. The van der Waals surface area contributed by atoms with E-state index in [0.29, 0.717) is 12.0 Å². The van der Waals surface area contributed by atoms with E-state index < -0.39 is 18.3 Å². The van der Waals surface area contributed by atoms with Gasteiger partial charge >= 0.3 is 0 Å². The Kier molecular flexibility index (Phi) is 7.55. The van der Waals surface area contributed by atoms with Crippen LogP contribution in [0.3, 0.4) is 0 Å². The molecule has 2 aromatic rings. The van der Waals surface area contributed by atoms with Gasteiger partial charge in [-0.2, -0.15) is 0 Å². The number of aromatic nitrogens is 1. The number of hydrogen-bond acceptors (Lipinski definition) is 5. The maximum Gasteiger partial charge on any atom is 0.182 e. The van der Waals surface area contributed by atoms with Crippen molar-refractivity contribution >= 4 is 17.7 Å². The van der Waals surface area contributed by atoms with E-state index in [4.69, 9.17) is 4.84 Å². The van der Waals surface area contributed by atoms with Crippen molar-refractivity contribution < 1.29 is 22.8 Å². The lowest BCUT2D eigenvalue weighted by Gasteiger charge is -2.10. The summed E-state index contributed by atoms with van der Waals surface area (Å²) >= 11 is 0. The molecule has 8 heteroatoms. The SMILES string of the molecule is CNOCC1CC1.O=Cc1ccc(F)c(F)c1Nc1ccc(CF)nc1. The Morgan fingerprint density at radius 3 is 2.58 bits per heavy atom. The van der Waals surface area contributed by atoms with Crippen LogP contribution in [0.15, 0.2) is 30.5 Å². The fraction of sp³-hybridized carbons (Fsp3) is 0.333. The summed E-state index contributed by atoms with van der Waals surface area (Å²) in [6.07, 6.45) is 4.41. The monoisotopic (exact) mass is 367 g/mol. The van der Waals surface area contributed by atoms with Crippen LogP contribution in [0.1, 0.15) is 28.9 Å². The molecule has 0 radical (unpaired) electrons. The third kappa shape index (κ3) is 5.82. The Hall–Kier alpha value is -2.45. The Labute approximate surface area is 149 Å². The minimum Gasteiger partial charge on any atom is -0.351 e. The van der Waals surface area contributed by atoms with Crippen LogP contribution in [-0.2, 0) is 11.5 Å². The van der Waals surface area contributed by atoms with E-state index in [2.05, 4.69) is 15.8 Å². The lowest BCUT2D eigenvalue weighted by atomic mass is 10.1. The minimum absolute atomic E-state index is 0.0199. The predicted octanol–water partition coefficient (Wildman–Crippen LogP) is 3.93. The van der Waals surface area contributed by atoms with Gasteiger partial charge in [0.25, 0.3) is 0 Å². The van der Waals surface area contributed by atoms with E-state index >= 15 is 0 Å². The molecular weight excluding hydrogens is 347 g/mol. The van der Waals surface area contributed by atoms with Crippen LogP contribution >= 0.6 is 0 Å². The summed E-state index contributed by atoms with van der Waals surface area (Å²) in [6.45, 7) is 0.185. The maximum absolute atomic E-state index is 13.6. The number of halogens is 3. The summed E-state index contributed by atoms with van der Waals surface area (Å²) < 4.78 is 39.0. The van der Waals surface area contributed by atoms with Crippen LogP contribution in [-0.4, -0.2) is 24.9 Å². The van der Waals surface area contributed by atoms with E-state index in [-0.39, 0.29) is 16.9 Å². The van der Waals surface area contributed by atoms with Crippen molar-refractivity contribution in [2.45, 2.75) is 19.5 Å². The number of benzene rings is 1. The largest absolute Gasteiger partial charge is 0.351 e. The topological polar surface area (TPSA) is 63.2 Å². The molecule has 5 nitrogen and oxygen atoms in total. The molecule has 0 spiro atoms. The Balaban J connectivity index is 0.000000290. The number of hydroxylamine groups is 1. The highest BCUT2D eigenvalue weighted by Gasteiger charge is 2.20. The summed E-state index contributed by atoms with van der Waals surface area (Å²) in [4.78, 5) is 19.5. The number of anilines is 2. The van der Waals surface area contributed by atoms with Gasteiger partial charge in [0.15, 0.2) is 17.9 Å². The molecule has 1 saturated carbocycles. The second-order valence-electron chi connectivity index (χ2n) is 5.70. The molecule has 26 heavy (non-hydrogen) atoms. The first-order valence-electron chi connectivity index (χ1n) is 8.08. The van der Waals surface area contributed by atoms with E-state index in [0.717, 1.165) is 24.7 Å². The quantitative estimate of drug-likeness (QED) is 0.573. The standard InChI is InChI=1S/C13H9F3N2O.C5H11NO/c14-5-9-2-3-10(6-17-9)18-13-8(7-19)1-4-11(15)12(13)16;1-6-7-4-5-2-3-5/h1-4,6-7,18H,5H2;5-6H,2-4H2,1H3. The number of aldehydes is 1. The number of nitrogens with zero attached hydrogens (tertiary/aromatic N) is 1. The van der Waals surface area contributed by atoms with E-state index in [1.54, 1.807) is 7.05 Å². The molecule has 0 amide bonds. The number of alkyl halides is 1. The lowest BCUT2D eigenvalue weighted by molar-refractivity contribution is 0.0501. The molecule has 0 bridgehead atoms.